The van der Waals surface area contributed by atoms with E-state index in [1.807, 2.05) is 18.2 Å². The van der Waals surface area contributed by atoms with Crippen LogP contribution in [0.5, 0.6) is 0 Å². The van der Waals surface area contributed by atoms with Gasteiger partial charge in [-0.2, -0.15) is 4.91 Å². The first kappa shape index (κ1) is 22.1. The number of non-ortho nitro benzene ring substituents is 1. The van der Waals surface area contributed by atoms with Gasteiger partial charge in [-0.05, 0) is 53.6 Å². The van der Waals surface area contributed by atoms with E-state index in [0.717, 1.165) is 47.9 Å². The molecule has 0 radical (unpaired) electrons. The molecular formula is C23H25ClN2O4. The van der Waals surface area contributed by atoms with Crippen molar-refractivity contribution >= 4 is 23.1 Å². The highest BCUT2D eigenvalue weighted by molar-refractivity contribution is 6.18. The second kappa shape index (κ2) is 9.04. The Morgan fingerprint density at radius 2 is 1.70 bits per heavy atom. The maximum Gasteiger partial charge on any atom is 0.269 e. The molecule has 0 saturated carbocycles. The topological polar surface area (TPSA) is 89.6 Å². The molecule has 0 fully saturated rings. The molecule has 2 aromatic rings. The summed E-state index contributed by atoms with van der Waals surface area (Å²) >= 11 is 5.72. The van der Waals surface area contributed by atoms with E-state index in [9.17, 15) is 19.8 Å². The lowest BCUT2D eigenvalue weighted by Gasteiger charge is -2.32. The van der Waals surface area contributed by atoms with Crippen molar-refractivity contribution in [1.82, 2.24) is 0 Å². The van der Waals surface area contributed by atoms with Crippen molar-refractivity contribution in [3.63, 3.8) is 0 Å². The van der Waals surface area contributed by atoms with Gasteiger partial charge >= 0.3 is 0 Å². The molecule has 1 atom stereocenters. The van der Waals surface area contributed by atoms with Crippen LogP contribution in [0.15, 0.2) is 41.6 Å². The van der Waals surface area contributed by atoms with Crippen molar-refractivity contribution in [3.05, 3.63) is 68.1 Å². The molecule has 7 heteroatoms. The summed E-state index contributed by atoms with van der Waals surface area (Å²) in [6.07, 6.45) is 3.62. The summed E-state index contributed by atoms with van der Waals surface area (Å²) in [5, 5.41) is 14.4. The number of hydrogen-bond donors (Lipinski definition) is 0. The fraction of sp³-hybridized carbons (Fsp3) is 0.435. The number of carbonyl (C=O) groups is 1. The summed E-state index contributed by atoms with van der Waals surface area (Å²) in [7, 11) is 0. The number of nitro benzene ring substituents is 1. The summed E-state index contributed by atoms with van der Waals surface area (Å²) in [6, 6.07) is 9.49. The van der Waals surface area contributed by atoms with Crippen molar-refractivity contribution < 1.29 is 9.72 Å². The second-order valence-corrected chi connectivity index (χ2v) is 8.17. The van der Waals surface area contributed by atoms with Crippen molar-refractivity contribution in [3.8, 4) is 11.1 Å². The van der Waals surface area contributed by atoms with Crippen molar-refractivity contribution in [1.29, 1.82) is 0 Å². The largest absolute Gasteiger partial charge is 0.292 e. The molecule has 0 aromatic heterocycles. The minimum absolute atomic E-state index is 0.0711. The molecule has 0 amide bonds. The maximum absolute atomic E-state index is 12.9. The minimum Gasteiger partial charge on any atom is -0.292 e. The van der Waals surface area contributed by atoms with Gasteiger partial charge in [-0.25, -0.2) is 0 Å². The van der Waals surface area contributed by atoms with Crippen molar-refractivity contribution in [2.75, 3.05) is 5.88 Å². The van der Waals surface area contributed by atoms with Gasteiger partial charge in [0, 0.05) is 29.0 Å². The van der Waals surface area contributed by atoms with Crippen LogP contribution in [0.4, 0.5) is 5.69 Å². The summed E-state index contributed by atoms with van der Waals surface area (Å²) < 4.78 is 0. The molecule has 0 N–H and O–H groups in total. The Morgan fingerprint density at radius 1 is 1.10 bits per heavy atom. The maximum atomic E-state index is 12.9. The molecule has 1 unspecified atom stereocenters. The quantitative estimate of drug-likeness (QED) is 0.144. The van der Waals surface area contributed by atoms with Gasteiger partial charge in [0.1, 0.15) is 0 Å². The number of benzene rings is 2. The average molecular weight is 429 g/mol. The Hall–Kier alpha value is -2.60. The smallest absolute Gasteiger partial charge is 0.269 e. The molecule has 0 saturated heterocycles. The normalized spacial score (nSPS) is 14.6. The zero-order valence-electron chi connectivity index (χ0n) is 17.2. The summed E-state index contributed by atoms with van der Waals surface area (Å²) in [6.45, 7) is 4.18. The summed E-state index contributed by atoms with van der Waals surface area (Å²) in [4.78, 5) is 35.1. The standard InChI is InChI=1S/C23H25ClN2O4/c1-3-10-23(11-4-2)19-13-15(22(27)21(25-28)9-12-24)5-7-17(19)18-8-6-16(26(29)30)14-20(18)23/h5-8,13-14,21H,3-4,9-12H2,1-2H3. The molecular weight excluding hydrogens is 404 g/mol. The van der Waals surface area contributed by atoms with Crippen LogP contribution >= 0.6 is 11.6 Å². The van der Waals surface area contributed by atoms with E-state index in [2.05, 4.69) is 19.0 Å². The number of ketones is 1. The van der Waals surface area contributed by atoms with E-state index >= 15 is 0 Å². The van der Waals surface area contributed by atoms with E-state index < -0.39 is 11.5 Å². The molecule has 6 nitrogen and oxygen atoms in total. The van der Waals surface area contributed by atoms with E-state index in [1.165, 1.54) is 6.07 Å². The van der Waals surface area contributed by atoms with Crippen LogP contribution in [0.2, 0.25) is 0 Å². The molecule has 1 aliphatic rings. The van der Waals surface area contributed by atoms with Gasteiger partial charge in [-0.15, -0.1) is 11.6 Å². The highest BCUT2D eigenvalue weighted by Crippen LogP contribution is 2.54. The van der Waals surface area contributed by atoms with Crippen LogP contribution in [-0.4, -0.2) is 22.6 Å². The first-order valence-electron chi connectivity index (χ1n) is 10.3. The molecule has 0 heterocycles. The number of rotatable bonds is 10. The third-order valence-electron chi connectivity index (χ3n) is 6.01. The van der Waals surface area contributed by atoms with Gasteiger partial charge in [0.05, 0.1) is 4.92 Å². The zero-order valence-corrected chi connectivity index (χ0v) is 17.9. The van der Waals surface area contributed by atoms with E-state index in [4.69, 9.17) is 11.6 Å². The van der Waals surface area contributed by atoms with Crippen molar-refractivity contribution in [2.45, 2.75) is 57.4 Å². The average Bonchev–Trinajstić information content (AvgIpc) is 3.01. The molecule has 1 aliphatic carbocycles. The number of nitrogens with zero attached hydrogens (tertiary/aromatic N) is 2. The van der Waals surface area contributed by atoms with E-state index in [-0.39, 0.29) is 28.7 Å². The predicted molar refractivity (Wildman–Crippen MR) is 118 cm³/mol. The first-order valence-corrected chi connectivity index (χ1v) is 10.8. The molecule has 3 rings (SSSR count). The molecule has 158 valence electrons. The number of hydrogen-bond acceptors (Lipinski definition) is 5. The fourth-order valence-corrected chi connectivity index (χ4v) is 5.00. The Balaban J connectivity index is 2.21. The van der Waals surface area contributed by atoms with Crippen LogP contribution in [0, 0.1) is 15.0 Å². The fourth-order valence-electron chi connectivity index (χ4n) is 4.79. The number of nitroso groups, excluding NO2 is 1. The number of fused-ring (bicyclic) bond motifs is 3. The van der Waals surface area contributed by atoms with Crippen LogP contribution in [0.25, 0.3) is 11.1 Å². The van der Waals surface area contributed by atoms with Crippen LogP contribution < -0.4 is 0 Å². The number of nitro groups is 1. The van der Waals surface area contributed by atoms with E-state index in [1.54, 1.807) is 12.1 Å². The van der Waals surface area contributed by atoms with Gasteiger partial charge in [0.15, 0.2) is 11.8 Å². The molecule has 0 spiro atoms. The predicted octanol–water partition coefficient (Wildman–Crippen LogP) is 6.41. The van der Waals surface area contributed by atoms with Gasteiger partial charge in [0.25, 0.3) is 5.69 Å². The molecule has 0 aliphatic heterocycles. The number of halogens is 1. The second-order valence-electron chi connectivity index (χ2n) is 7.79. The van der Waals surface area contributed by atoms with Gasteiger partial charge < -0.3 is 0 Å². The van der Waals surface area contributed by atoms with Gasteiger partial charge in [0.2, 0.25) is 0 Å². The third-order valence-corrected chi connectivity index (χ3v) is 6.22. The van der Waals surface area contributed by atoms with Gasteiger partial charge in [-0.1, -0.05) is 44.0 Å². The Morgan fingerprint density at radius 3 is 2.23 bits per heavy atom. The molecule has 30 heavy (non-hydrogen) atoms. The highest BCUT2D eigenvalue weighted by Gasteiger charge is 2.43. The number of carbonyl (C=O) groups excluding carboxylic acids is 1. The van der Waals surface area contributed by atoms with Gasteiger partial charge in [-0.3, -0.25) is 14.9 Å². The Labute approximate surface area is 180 Å². The van der Waals surface area contributed by atoms with Crippen molar-refractivity contribution in [2.24, 2.45) is 5.18 Å². The van der Waals surface area contributed by atoms with E-state index in [0.29, 0.717) is 5.56 Å². The number of Topliss-reactive ketones (excluding diaryl/α,β-unsaturated/α-hetero) is 1. The monoisotopic (exact) mass is 428 g/mol. The SMILES string of the molecule is CCCC1(CCC)c2cc(C(=O)C(CCCl)N=O)ccc2-c2ccc([N+](=O)[O-])cc21. The summed E-state index contributed by atoms with van der Waals surface area (Å²) in [5.41, 5.74) is 4.03. The molecule has 0 bridgehead atoms. The Bertz CT molecular complexity index is 983. The lowest BCUT2D eigenvalue weighted by atomic mass is 9.71. The summed E-state index contributed by atoms with van der Waals surface area (Å²) in [5.74, 6) is -0.157. The van der Waals surface area contributed by atoms with Crippen LogP contribution in [-0.2, 0) is 5.41 Å². The Kier molecular flexibility index (Phi) is 6.66. The minimum atomic E-state index is -1.00. The lowest BCUT2D eigenvalue weighted by Crippen LogP contribution is -2.26. The highest BCUT2D eigenvalue weighted by atomic mass is 35.5. The number of alkyl halides is 1. The molecule has 2 aromatic carbocycles. The zero-order chi connectivity index (χ0) is 21.9. The van der Waals surface area contributed by atoms with Crippen LogP contribution in [0.1, 0.15) is 67.4 Å². The lowest BCUT2D eigenvalue weighted by molar-refractivity contribution is -0.384. The van der Waals surface area contributed by atoms with Crippen LogP contribution in [0.3, 0.4) is 0 Å². The third kappa shape index (κ3) is 3.65. The first-order chi connectivity index (χ1) is 14.4.